The van der Waals surface area contributed by atoms with Crippen LogP contribution in [0.1, 0.15) is 12.0 Å². The van der Waals surface area contributed by atoms with Crippen molar-refractivity contribution in [2.45, 2.75) is 12.8 Å². The number of aromatic nitrogens is 2. The van der Waals surface area contributed by atoms with E-state index in [4.69, 9.17) is 15.0 Å². The monoisotopic (exact) mass is 563 g/mol. The van der Waals surface area contributed by atoms with Crippen molar-refractivity contribution in [3.8, 4) is 22.5 Å². The van der Waals surface area contributed by atoms with E-state index in [2.05, 4.69) is 113 Å². The second-order valence-electron chi connectivity index (χ2n) is 10.1. The van der Waals surface area contributed by atoms with Gasteiger partial charge in [-0.3, -0.25) is 4.99 Å². The highest BCUT2D eigenvalue weighted by atomic mass is 79.9. The zero-order valence-electron chi connectivity index (χ0n) is 21.0. The Labute approximate surface area is 234 Å². The van der Waals surface area contributed by atoms with Crippen LogP contribution in [0.5, 0.6) is 0 Å². The molecule has 2 aromatic heterocycles. The molecular weight excluding hydrogens is 542 g/mol. The molecule has 39 heavy (non-hydrogen) atoms. The van der Waals surface area contributed by atoms with E-state index in [1.54, 1.807) is 0 Å². The van der Waals surface area contributed by atoms with Gasteiger partial charge >= 0.3 is 0 Å². The van der Waals surface area contributed by atoms with Crippen LogP contribution in [0.4, 0.5) is 5.69 Å². The molecule has 0 unspecified atom stereocenters. The molecule has 4 heteroatoms. The van der Waals surface area contributed by atoms with E-state index < -0.39 is 0 Å². The molecule has 184 valence electrons. The molecule has 8 rings (SSSR count). The summed E-state index contributed by atoms with van der Waals surface area (Å²) in [6.07, 6.45) is 4.01. The Bertz CT molecular complexity index is 2090. The molecule has 0 radical (unpaired) electrons. The van der Waals surface area contributed by atoms with Crippen LogP contribution in [0.25, 0.3) is 65.9 Å². The van der Waals surface area contributed by atoms with Gasteiger partial charge in [0.15, 0.2) is 0 Å². The first-order chi connectivity index (χ1) is 19.2. The van der Waals surface area contributed by atoms with Crippen LogP contribution in [0.3, 0.4) is 0 Å². The number of halogens is 1. The summed E-state index contributed by atoms with van der Waals surface area (Å²) in [5.41, 5.74) is 8.47. The molecule has 1 aliphatic rings. The van der Waals surface area contributed by atoms with Crippen LogP contribution in [0, 0.1) is 0 Å². The SMILES string of the molecule is Brc1ccc2nc(-c3c4ccccc4c(-c4ccc5ccc6c(c5n4)N=CCC6)c4ccccc34)ccc2c1. The van der Waals surface area contributed by atoms with Crippen molar-refractivity contribution in [3.05, 3.63) is 113 Å². The van der Waals surface area contributed by atoms with Gasteiger partial charge in [0.1, 0.15) is 0 Å². The number of aryl methyl sites for hydroxylation is 1. The van der Waals surface area contributed by atoms with Crippen molar-refractivity contribution in [3.63, 3.8) is 0 Å². The molecule has 1 aliphatic heterocycles. The minimum atomic E-state index is 0.965. The van der Waals surface area contributed by atoms with E-state index in [1.807, 2.05) is 12.3 Å². The van der Waals surface area contributed by atoms with Crippen molar-refractivity contribution in [1.29, 1.82) is 0 Å². The van der Waals surface area contributed by atoms with E-state index in [0.717, 1.165) is 67.3 Å². The van der Waals surface area contributed by atoms with Gasteiger partial charge in [-0.15, -0.1) is 0 Å². The minimum Gasteiger partial charge on any atom is -0.259 e. The zero-order valence-corrected chi connectivity index (χ0v) is 22.6. The Morgan fingerprint density at radius 2 is 1.21 bits per heavy atom. The first-order valence-corrected chi connectivity index (χ1v) is 14.0. The summed E-state index contributed by atoms with van der Waals surface area (Å²) in [6.45, 7) is 0. The lowest BCUT2D eigenvalue weighted by Crippen LogP contribution is -1.97. The molecule has 0 fully saturated rings. The highest BCUT2D eigenvalue weighted by Crippen LogP contribution is 2.44. The van der Waals surface area contributed by atoms with Crippen molar-refractivity contribution in [2.75, 3.05) is 0 Å². The maximum Gasteiger partial charge on any atom is 0.0968 e. The average molecular weight is 564 g/mol. The van der Waals surface area contributed by atoms with Gasteiger partial charge < -0.3 is 0 Å². The van der Waals surface area contributed by atoms with E-state index in [-0.39, 0.29) is 0 Å². The third-order valence-electron chi connectivity index (χ3n) is 7.78. The summed E-state index contributed by atoms with van der Waals surface area (Å²) in [4.78, 5) is 15.2. The lowest BCUT2D eigenvalue weighted by atomic mass is 9.88. The summed E-state index contributed by atoms with van der Waals surface area (Å²) in [5.74, 6) is 0. The Kier molecular flexibility index (Phi) is 5.10. The highest BCUT2D eigenvalue weighted by molar-refractivity contribution is 9.10. The first kappa shape index (κ1) is 22.6. The van der Waals surface area contributed by atoms with E-state index in [9.17, 15) is 0 Å². The predicted molar refractivity (Wildman–Crippen MR) is 167 cm³/mol. The van der Waals surface area contributed by atoms with Crippen molar-refractivity contribution in [1.82, 2.24) is 9.97 Å². The van der Waals surface area contributed by atoms with E-state index in [1.165, 1.54) is 27.1 Å². The number of aliphatic imine (C=N–C) groups is 1. The van der Waals surface area contributed by atoms with Gasteiger partial charge in [0, 0.05) is 32.6 Å². The second kappa shape index (κ2) is 8.82. The minimum absolute atomic E-state index is 0.965. The Hall–Kier alpha value is -4.41. The van der Waals surface area contributed by atoms with E-state index in [0.29, 0.717) is 0 Å². The second-order valence-corrected chi connectivity index (χ2v) is 11.0. The molecule has 0 spiro atoms. The third-order valence-corrected chi connectivity index (χ3v) is 8.27. The molecule has 7 aromatic rings. The summed E-state index contributed by atoms with van der Waals surface area (Å²) in [5, 5.41) is 6.92. The number of hydrogen-bond acceptors (Lipinski definition) is 3. The highest BCUT2D eigenvalue weighted by Gasteiger charge is 2.19. The van der Waals surface area contributed by atoms with Crippen LogP contribution < -0.4 is 0 Å². The predicted octanol–water partition coefficient (Wildman–Crippen LogP) is 9.83. The summed E-state index contributed by atoms with van der Waals surface area (Å²) < 4.78 is 1.06. The number of rotatable bonds is 2. The van der Waals surface area contributed by atoms with Crippen LogP contribution in [0.15, 0.2) is 113 Å². The van der Waals surface area contributed by atoms with Gasteiger partial charge in [0.25, 0.3) is 0 Å². The molecule has 0 saturated heterocycles. The number of pyridine rings is 2. The third kappa shape index (κ3) is 3.59. The lowest BCUT2D eigenvalue weighted by molar-refractivity contribution is 1.03. The fourth-order valence-electron chi connectivity index (χ4n) is 5.99. The van der Waals surface area contributed by atoms with Crippen molar-refractivity contribution >= 4 is 71.2 Å². The van der Waals surface area contributed by atoms with Gasteiger partial charge in [-0.25, -0.2) is 9.97 Å². The maximum absolute atomic E-state index is 5.28. The molecule has 0 N–H and O–H groups in total. The molecule has 3 heterocycles. The van der Waals surface area contributed by atoms with Gasteiger partial charge in [0.05, 0.1) is 28.1 Å². The van der Waals surface area contributed by atoms with Gasteiger partial charge in [-0.1, -0.05) is 88.7 Å². The molecular formula is C35H22BrN3. The first-order valence-electron chi connectivity index (χ1n) is 13.2. The normalized spacial score (nSPS) is 12.9. The van der Waals surface area contributed by atoms with Gasteiger partial charge in [0.2, 0.25) is 0 Å². The molecule has 0 amide bonds. The van der Waals surface area contributed by atoms with Crippen LogP contribution in [0.2, 0.25) is 0 Å². The number of hydrogen-bond donors (Lipinski definition) is 0. The smallest absolute Gasteiger partial charge is 0.0968 e. The van der Waals surface area contributed by atoms with Crippen LogP contribution in [-0.4, -0.2) is 16.2 Å². The maximum atomic E-state index is 5.28. The molecule has 0 atom stereocenters. The fraction of sp³-hybridized carbons (Fsp3) is 0.0571. The van der Waals surface area contributed by atoms with Gasteiger partial charge in [-0.05, 0) is 70.3 Å². The molecule has 3 nitrogen and oxygen atoms in total. The van der Waals surface area contributed by atoms with Gasteiger partial charge in [-0.2, -0.15) is 0 Å². The van der Waals surface area contributed by atoms with E-state index >= 15 is 0 Å². The molecule has 0 saturated carbocycles. The van der Waals surface area contributed by atoms with Crippen LogP contribution in [-0.2, 0) is 6.42 Å². The van der Waals surface area contributed by atoms with Crippen LogP contribution >= 0.6 is 15.9 Å². The lowest BCUT2D eigenvalue weighted by Gasteiger charge is -2.18. The average Bonchev–Trinajstić information content (AvgIpc) is 2.99. The largest absolute Gasteiger partial charge is 0.259 e. The van der Waals surface area contributed by atoms with Crippen molar-refractivity contribution < 1.29 is 0 Å². The quantitative estimate of drug-likeness (QED) is 0.196. The molecule has 5 aromatic carbocycles. The number of benzene rings is 5. The zero-order chi connectivity index (χ0) is 25.9. The summed E-state index contributed by atoms with van der Waals surface area (Å²) >= 11 is 3.58. The molecule has 0 aliphatic carbocycles. The topological polar surface area (TPSA) is 38.1 Å². The number of fused-ring (bicyclic) bond motifs is 6. The Balaban J connectivity index is 1.45. The summed E-state index contributed by atoms with van der Waals surface area (Å²) in [6, 6.07) is 36.5. The fourth-order valence-corrected chi connectivity index (χ4v) is 6.37. The number of nitrogens with zero attached hydrogens (tertiary/aromatic N) is 3. The van der Waals surface area contributed by atoms with Crippen molar-refractivity contribution in [2.24, 2.45) is 4.99 Å². The summed E-state index contributed by atoms with van der Waals surface area (Å²) in [7, 11) is 0. The standard InChI is InChI=1S/C35H22BrN3/c36-24-15-18-29-23(20-24)14-17-30(38-29)32-25-7-1-3-9-27(25)33(28-10-4-2-8-26(28)32)31-16-13-22-12-11-21-6-5-19-37-34(21)35(22)39-31/h1-4,7-20H,5-6H2. The molecule has 0 bridgehead atoms. The Morgan fingerprint density at radius 3 is 1.90 bits per heavy atom. The Morgan fingerprint density at radius 1 is 0.590 bits per heavy atom.